The number of carbonyl (C=O) groups is 2. The van der Waals surface area contributed by atoms with Crippen molar-refractivity contribution in [1.29, 1.82) is 0 Å². The van der Waals surface area contributed by atoms with Crippen LogP contribution in [0.15, 0.2) is 0 Å². The molecular formula is C4H7N3O2. The fraction of sp³-hybridized carbons (Fsp3) is 0.500. The van der Waals surface area contributed by atoms with E-state index in [1.165, 1.54) is 0 Å². The zero-order chi connectivity index (χ0) is 6.85. The summed E-state index contributed by atoms with van der Waals surface area (Å²) in [6.45, 7) is 1.65. The van der Waals surface area contributed by atoms with Crippen LogP contribution in [-0.4, -0.2) is 18.0 Å². The zero-order valence-electron chi connectivity index (χ0n) is 4.89. The second-order valence-corrected chi connectivity index (χ2v) is 1.81. The molecule has 50 valence electrons. The molecule has 1 atom stereocenters. The molecule has 1 unspecified atom stereocenters. The summed E-state index contributed by atoms with van der Waals surface area (Å²) in [6, 6.07) is -0.846. The molecule has 1 fully saturated rings. The Labute approximate surface area is 51.8 Å². The van der Waals surface area contributed by atoms with E-state index in [4.69, 9.17) is 0 Å². The second kappa shape index (κ2) is 2.02. The molecule has 5 nitrogen and oxygen atoms in total. The number of imide groups is 1. The first-order chi connectivity index (χ1) is 4.20. The third kappa shape index (κ3) is 1.17. The minimum atomic E-state index is -0.502. The molecule has 0 spiro atoms. The molecule has 3 N–H and O–H groups in total. The van der Waals surface area contributed by atoms with Crippen molar-refractivity contribution in [2.45, 2.75) is 13.0 Å². The second-order valence-electron chi connectivity index (χ2n) is 1.81. The number of hydrogen-bond acceptors (Lipinski definition) is 3. The third-order valence-corrected chi connectivity index (χ3v) is 1.03. The van der Waals surface area contributed by atoms with Crippen LogP contribution in [0.1, 0.15) is 6.92 Å². The Bertz CT molecular complexity index is 156. The maximum atomic E-state index is 10.6. The van der Waals surface area contributed by atoms with Crippen LogP contribution in [-0.2, 0) is 4.79 Å². The maximum Gasteiger partial charge on any atom is 0.335 e. The van der Waals surface area contributed by atoms with Crippen LogP contribution in [0, 0.1) is 0 Å². The van der Waals surface area contributed by atoms with Gasteiger partial charge in [-0.05, 0) is 6.92 Å². The molecular weight excluding hydrogens is 122 g/mol. The van der Waals surface area contributed by atoms with Gasteiger partial charge in [0.25, 0.3) is 0 Å². The molecule has 9 heavy (non-hydrogen) atoms. The minimum Gasteiger partial charge on any atom is -0.276 e. The Kier molecular flexibility index (Phi) is 1.35. The molecule has 1 aliphatic rings. The van der Waals surface area contributed by atoms with Gasteiger partial charge in [0.1, 0.15) is 6.04 Å². The molecule has 0 aromatic rings. The van der Waals surface area contributed by atoms with Gasteiger partial charge in [-0.15, -0.1) is 0 Å². The smallest absolute Gasteiger partial charge is 0.276 e. The van der Waals surface area contributed by atoms with Crippen LogP contribution in [0.4, 0.5) is 4.79 Å². The highest BCUT2D eigenvalue weighted by atomic mass is 16.2. The van der Waals surface area contributed by atoms with Gasteiger partial charge in [-0.3, -0.25) is 15.5 Å². The van der Waals surface area contributed by atoms with Gasteiger partial charge in [0, 0.05) is 0 Å². The highest BCUT2D eigenvalue weighted by molar-refractivity contribution is 5.98. The number of hydrazine groups is 1. The summed E-state index contributed by atoms with van der Waals surface area (Å²) in [5.74, 6) is -0.307. The normalized spacial score (nSPS) is 27.0. The largest absolute Gasteiger partial charge is 0.335 e. The lowest BCUT2D eigenvalue weighted by Crippen LogP contribution is -2.61. The van der Waals surface area contributed by atoms with Crippen molar-refractivity contribution in [3.8, 4) is 0 Å². The van der Waals surface area contributed by atoms with E-state index in [1.54, 1.807) is 6.92 Å². The molecule has 1 saturated heterocycles. The fourth-order valence-electron chi connectivity index (χ4n) is 0.491. The SMILES string of the molecule is CC1NNC(=O)NC1=O. The van der Waals surface area contributed by atoms with Gasteiger partial charge in [0.15, 0.2) is 0 Å². The van der Waals surface area contributed by atoms with E-state index in [0.717, 1.165) is 0 Å². The van der Waals surface area contributed by atoms with E-state index in [9.17, 15) is 9.59 Å². The molecule has 0 bridgehead atoms. The highest BCUT2D eigenvalue weighted by Crippen LogP contribution is 1.83. The van der Waals surface area contributed by atoms with Gasteiger partial charge < -0.3 is 0 Å². The molecule has 0 saturated carbocycles. The summed E-state index contributed by atoms with van der Waals surface area (Å²) < 4.78 is 0. The summed E-state index contributed by atoms with van der Waals surface area (Å²) in [6.07, 6.45) is 0. The topological polar surface area (TPSA) is 70.2 Å². The Morgan fingerprint density at radius 3 is 2.56 bits per heavy atom. The van der Waals surface area contributed by atoms with Crippen LogP contribution >= 0.6 is 0 Å². The Hall–Kier alpha value is -1.10. The maximum absolute atomic E-state index is 10.6. The number of nitrogens with one attached hydrogen (secondary N) is 3. The highest BCUT2D eigenvalue weighted by Gasteiger charge is 2.20. The number of amides is 3. The van der Waals surface area contributed by atoms with Crippen molar-refractivity contribution in [1.82, 2.24) is 16.2 Å². The monoisotopic (exact) mass is 129 g/mol. The van der Waals surface area contributed by atoms with Gasteiger partial charge in [0.05, 0.1) is 0 Å². The fourth-order valence-corrected chi connectivity index (χ4v) is 0.491. The number of rotatable bonds is 0. The van der Waals surface area contributed by atoms with E-state index in [-0.39, 0.29) is 11.9 Å². The minimum absolute atomic E-state index is 0.307. The standard InChI is InChI=1S/C4H7N3O2/c1-2-3(8)5-4(9)7-6-2/h2,6H,1H3,(H2,5,7,8,9). The van der Waals surface area contributed by atoms with Gasteiger partial charge in [0.2, 0.25) is 5.91 Å². The van der Waals surface area contributed by atoms with Gasteiger partial charge in [-0.1, -0.05) is 0 Å². The van der Waals surface area contributed by atoms with Crippen molar-refractivity contribution >= 4 is 11.9 Å². The average Bonchev–Trinajstić information content (AvgIpc) is 1.80. The van der Waals surface area contributed by atoms with E-state index >= 15 is 0 Å². The van der Waals surface area contributed by atoms with E-state index in [0.29, 0.717) is 0 Å². The number of urea groups is 1. The van der Waals surface area contributed by atoms with Crippen molar-refractivity contribution in [3.05, 3.63) is 0 Å². The number of hydrogen-bond donors (Lipinski definition) is 3. The van der Waals surface area contributed by atoms with E-state index in [1.807, 2.05) is 0 Å². The van der Waals surface area contributed by atoms with Crippen LogP contribution in [0.5, 0.6) is 0 Å². The molecule has 0 aromatic carbocycles. The van der Waals surface area contributed by atoms with Gasteiger partial charge >= 0.3 is 6.03 Å². The Morgan fingerprint density at radius 2 is 2.11 bits per heavy atom. The molecule has 5 heteroatoms. The predicted molar refractivity (Wildman–Crippen MR) is 29.3 cm³/mol. The van der Waals surface area contributed by atoms with Crippen molar-refractivity contribution < 1.29 is 9.59 Å². The van der Waals surface area contributed by atoms with Crippen molar-refractivity contribution in [3.63, 3.8) is 0 Å². The van der Waals surface area contributed by atoms with Crippen molar-refractivity contribution in [2.24, 2.45) is 0 Å². The summed E-state index contributed by atoms with van der Waals surface area (Å²) in [7, 11) is 0. The van der Waals surface area contributed by atoms with Crippen LogP contribution in [0.2, 0.25) is 0 Å². The first-order valence-electron chi connectivity index (χ1n) is 2.56. The van der Waals surface area contributed by atoms with E-state index < -0.39 is 6.03 Å². The molecule has 1 heterocycles. The lowest BCUT2D eigenvalue weighted by Gasteiger charge is -2.19. The van der Waals surface area contributed by atoms with Crippen LogP contribution < -0.4 is 16.2 Å². The zero-order valence-corrected chi connectivity index (χ0v) is 4.89. The quantitative estimate of drug-likeness (QED) is 0.381. The summed E-state index contributed by atoms with van der Waals surface area (Å²) in [5.41, 5.74) is 4.71. The summed E-state index contributed by atoms with van der Waals surface area (Å²) in [5, 5.41) is 2.08. The molecule has 1 rings (SSSR count). The lowest BCUT2D eigenvalue weighted by molar-refractivity contribution is -0.122. The third-order valence-electron chi connectivity index (χ3n) is 1.03. The summed E-state index contributed by atoms with van der Waals surface area (Å²) >= 11 is 0. The molecule has 3 amide bonds. The molecule has 1 aliphatic heterocycles. The van der Waals surface area contributed by atoms with Crippen molar-refractivity contribution in [2.75, 3.05) is 0 Å². The average molecular weight is 129 g/mol. The first-order valence-corrected chi connectivity index (χ1v) is 2.56. The summed E-state index contributed by atoms with van der Waals surface area (Å²) in [4.78, 5) is 20.9. The van der Waals surface area contributed by atoms with E-state index in [2.05, 4.69) is 16.2 Å². The predicted octanol–water partition coefficient (Wildman–Crippen LogP) is -1.28. The molecule has 0 aromatic heterocycles. The van der Waals surface area contributed by atoms with Gasteiger partial charge in [-0.25, -0.2) is 10.2 Å². The van der Waals surface area contributed by atoms with Crippen LogP contribution in [0.25, 0.3) is 0 Å². The molecule has 0 aliphatic carbocycles. The first kappa shape index (κ1) is 6.03. The lowest BCUT2D eigenvalue weighted by atomic mass is 10.3. The number of carbonyl (C=O) groups excluding carboxylic acids is 2. The molecule has 0 radical (unpaired) electrons. The Morgan fingerprint density at radius 1 is 1.44 bits per heavy atom. The Balaban J connectivity index is 2.54. The van der Waals surface area contributed by atoms with Crippen LogP contribution in [0.3, 0.4) is 0 Å². The van der Waals surface area contributed by atoms with Gasteiger partial charge in [-0.2, -0.15) is 0 Å².